The molecule has 70 heavy (non-hydrogen) atoms. The van der Waals surface area contributed by atoms with E-state index in [-0.39, 0.29) is 16.5 Å². The summed E-state index contributed by atoms with van der Waals surface area (Å²) in [6, 6.07) is 73.8. The number of rotatable bonds is 5. The Bertz CT molecular complexity index is 4290. The number of nitrogens with zero attached hydrogens (tertiary/aromatic N) is 2. The molecule has 340 valence electrons. The summed E-state index contributed by atoms with van der Waals surface area (Å²) < 4.78 is 5.18. The lowest BCUT2D eigenvalue weighted by atomic mass is 9.86. The van der Waals surface area contributed by atoms with E-state index in [2.05, 4.69) is 259 Å². The molecule has 2 aromatic heterocycles. The van der Waals surface area contributed by atoms with Crippen LogP contribution >= 0.6 is 0 Å². The molecule has 2 nitrogen and oxygen atoms in total. The first-order chi connectivity index (χ1) is 33.7. The van der Waals surface area contributed by atoms with Crippen LogP contribution in [0.3, 0.4) is 0 Å². The van der Waals surface area contributed by atoms with Gasteiger partial charge in [-0.1, -0.05) is 185 Å². The van der Waals surface area contributed by atoms with Crippen molar-refractivity contribution in [2.75, 3.05) is 0 Å². The molecule has 0 saturated carbocycles. The summed E-state index contributed by atoms with van der Waals surface area (Å²) in [5.41, 5.74) is 12.6. The maximum atomic E-state index is 2.63. The second-order valence-corrected chi connectivity index (χ2v) is 22.6. The summed E-state index contributed by atoms with van der Waals surface area (Å²) in [6.07, 6.45) is 0.874. The number of hydrogen-bond donors (Lipinski definition) is 0. The fourth-order valence-corrected chi connectivity index (χ4v) is 12.4. The quantitative estimate of drug-likeness (QED) is 0.152. The van der Waals surface area contributed by atoms with Crippen LogP contribution in [0.25, 0.3) is 120 Å². The zero-order valence-electron chi connectivity index (χ0n) is 41.6. The highest BCUT2D eigenvalue weighted by molar-refractivity contribution is 6.26. The van der Waals surface area contributed by atoms with Crippen LogP contribution in [-0.2, 0) is 22.9 Å². The van der Waals surface area contributed by atoms with Crippen LogP contribution in [-0.4, -0.2) is 9.13 Å². The summed E-state index contributed by atoms with van der Waals surface area (Å²) in [7, 11) is 0. The molecule has 0 saturated heterocycles. The van der Waals surface area contributed by atoms with Crippen molar-refractivity contribution in [1.82, 2.24) is 9.13 Å². The first-order valence-electron chi connectivity index (χ1n) is 25.1. The lowest BCUT2D eigenvalue weighted by Gasteiger charge is -2.30. The minimum atomic E-state index is -0.254. The van der Waals surface area contributed by atoms with Crippen molar-refractivity contribution in [3.05, 3.63) is 205 Å². The van der Waals surface area contributed by atoms with Crippen molar-refractivity contribution in [3.63, 3.8) is 0 Å². The van der Waals surface area contributed by atoms with Crippen LogP contribution in [0.5, 0.6) is 0 Å². The molecule has 0 bridgehead atoms. The van der Waals surface area contributed by atoms with Crippen molar-refractivity contribution >= 4 is 97.5 Å². The third kappa shape index (κ3) is 6.46. The van der Waals surface area contributed by atoms with Gasteiger partial charge < -0.3 is 9.13 Å². The first-order valence-corrected chi connectivity index (χ1v) is 25.1. The second-order valence-electron chi connectivity index (χ2n) is 22.6. The molecule has 0 aliphatic carbocycles. The molecule has 0 aliphatic heterocycles. The molecule has 0 radical (unpaired) electrons. The standard InChI is InChI=1S/C68H58N2/c1-66(2,3)47-30-25-43(26-31-47)45-28-33-53-50-18-11-12-19-51(50)58-38-42(24-32-54(58)59(53)39-45)41-68(7,8)69-61-23-14-13-20-57(61)64-55-22-15-21-48(52(55)35-37-63(64)69)46-29-36-62-60(40-46)56-34-27-44-16-9-10-17-49(44)65(56)70(62)67(4,5)6/h9-40H,41H2,1-8H3. The second kappa shape index (κ2) is 15.2. The van der Waals surface area contributed by atoms with Crippen LogP contribution in [0.1, 0.15) is 66.5 Å². The Morgan fingerprint density at radius 1 is 0.343 bits per heavy atom. The molecule has 0 aliphatic rings. The molecule has 0 spiro atoms. The Balaban J connectivity index is 0.931. The highest BCUT2D eigenvalue weighted by Crippen LogP contribution is 2.45. The summed E-state index contributed by atoms with van der Waals surface area (Å²) in [6.45, 7) is 18.6. The van der Waals surface area contributed by atoms with Gasteiger partial charge in [0, 0.05) is 49.0 Å². The smallest absolute Gasteiger partial charge is 0.0576 e. The SMILES string of the molecule is CC(C)(C)c1ccc(-c2ccc3c4ccccc4c4cc(CC(C)(C)n5c6ccccc6c6c7cccc(-c8ccc9c(c8)c8ccc%10ccccc%10c8n9C(C)(C)C)c7ccc65)ccc4c3c2)cc1. The Labute approximate surface area is 410 Å². The molecule has 13 rings (SSSR count). The lowest BCUT2D eigenvalue weighted by Crippen LogP contribution is -2.28. The van der Waals surface area contributed by atoms with E-state index in [1.54, 1.807) is 0 Å². The third-order valence-corrected chi connectivity index (χ3v) is 15.6. The average molecular weight is 903 g/mol. The Kier molecular flexibility index (Phi) is 9.19. The monoisotopic (exact) mass is 902 g/mol. The van der Waals surface area contributed by atoms with Crippen molar-refractivity contribution in [1.29, 1.82) is 0 Å². The molecular formula is C68H58N2. The van der Waals surface area contributed by atoms with Crippen molar-refractivity contribution in [3.8, 4) is 22.3 Å². The van der Waals surface area contributed by atoms with Crippen molar-refractivity contribution < 1.29 is 0 Å². The van der Waals surface area contributed by atoms with Gasteiger partial charge in [-0.2, -0.15) is 0 Å². The topological polar surface area (TPSA) is 9.86 Å². The van der Waals surface area contributed by atoms with E-state index in [0.717, 1.165) is 6.42 Å². The molecule has 0 N–H and O–H groups in total. The zero-order valence-corrected chi connectivity index (χ0v) is 41.6. The van der Waals surface area contributed by atoms with Crippen LogP contribution in [0.2, 0.25) is 0 Å². The number of hydrogen-bond acceptors (Lipinski definition) is 0. The Hall–Kier alpha value is -7.68. The van der Waals surface area contributed by atoms with Gasteiger partial charge in [-0.05, 0) is 159 Å². The number of fused-ring (bicyclic) bond motifs is 16. The van der Waals surface area contributed by atoms with Gasteiger partial charge >= 0.3 is 0 Å². The molecule has 0 amide bonds. The van der Waals surface area contributed by atoms with Gasteiger partial charge in [0.25, 0.3) is 0 Å². The van der Waals surface area contributed by atoms with Crippen LogP contribution in [0.15, 0.2) is 194 Å². The van der Waals surface area contributed by atoms with E-state index in [4.69, 9.17) is 0 Å². The van der Waals surface area contributed by atoms with Gasteiger partial charge in [0.15, 0.2) is 0 Å². The minimum absolute atomic E-state index is 0.0964. The van der Waals surface area contributed by atoms with Gasteiger partial charge in [-0.15, -0.1) is 0 Å². The van der Waals surface area contributed by atoms with Crippen LogP contribution < -0.4 is 0 Å². The summed E-state index contributed by atoms with van der Waals surface area (Å²) in [5.74, 6) is 0. The Morgan fingerprint density at radius 2 is 0.900 bits per heavy atom. The normalized spacial score (nSPS) is 12.9. The molecule has 11 aromatic carbocycles. The predicted molar refractivity (Wildman–Crippen MR) is 304 cm³/mol. The zero-order chi connectivity index (χ0) is 47.8. The van der Waals surface area contributed by atoms with E-state index >= 15 is 0 Å². The van der Waals surface area contributed by atoms with Gasteiger partial charge in [0.05, 0.1) is 11.0 Å². The fraction of sp³-hybridized carbons (Fsp3) is 0.176. The molecule has 2 heteroatoms. The number of aromatic nitrogens is 2. The molecule has 0 atom stereocenters. The Morgan fingerprint density at radius 3 is 1.67 bits per heavy atom. The third-order valence-electron chi connectivity index (χ3n) is 15.6. The molecule has 0 fully saturated rings. The van der Waals surface area contributed by atoms with Crippen LogP contribution in [0.4, 0.5) is 0 Å². The average Bonchev–Trinajstić information content (AvgIpc) is 3.90. The van der Waals surface area contributed by atoms with Crippen molar-refractivity contribution in [2.24, 2.45) is 0 Å². The van der Waals surface area contributed by atoms with Gasteiger partial charge in [-0.3, -0.25) is 0 Å². The van der Waals surface area contributed by atoms with Gasteiger partial charge in [0.2, 0.25) is 0 Å². The predicted octanol–water partition coefficient (Wildman–Crippen LogP) is 19.0. The summed E-state index contributed by atoms with van der Waals surface area (Å²) >= 11 is 0. The summed E-state index contributed by atoms with van der Waals surface area (Å²) in [5, 5.41) is 18.2. The molecule has 2 heterocycles. The first kappa shape index (κ1) is 42.4. The lowest BCUT2D eigenvalue weighted by molar-refractivity contribution is 0.375. The largest absolute Gasteiger partial charge is 0.335 e. The molecule has 13 aromatic rings. The van der Waals surface area contributed by atoms with Gasteiger partial charge in [-0.25, -0.2) is 0 Å². The molecule has 0 unspecified atom stereocenters. The maximum absolute atomic E-state index is 2.63. The van der Waals surface area contributed by atoms with E-state index < -0.39 is 0 Å². The van der Waals surface area contributed by atoms with Crippen LogP contribution in [0, 0.1) is 0 Å². The summed E-state index contributed by atoms with van der Waals surface area (Å²) in [4.78, 5) is 0. The van der Waals surface area contributed by atoms with Gasteiger partial charge in [0.1, 0.15) is 0 Å². The minimum Gasteiger partial charge on any atom is -0.335 e. The van der Waals surface area contributed by atoms with E-state index in [9.17, 15) is 0 Å². The highest BCUT2D eigenvalue weighted by Gasteiger charge is 2.28. The van der Waals surface area contributed by atoms with E-state index in [1.165, 1.54) is 131 Å². The fourth-order valence-electron chi connectivity index (χ4n) is 12.4. The van der Waals surface area contributed by atoms with Crippen molar-refractivity contribution in [2.45, 2.75) is 78.3 Å². The number of para-hydroxylation sites is 1. The molecular weight excluding hydrogens is 845 g/mol. The number of benzene rings is 11. The maximum Gasteiger partial charge on any atom is 0.0576 e. The van der Waals surface area contributed by atoms with E-state index in [0.29, 0.717) is 0 Å². The van der Waals surface area contributed by atoms with E-state index in [1.807, 2.05) is 0 Å². The highest BCUT2D eigenvalue weighted by atomic mass is 15.1.